The van der Waals surface area contributed by atoms with E-state index in [-0.39, 0.29) is 0 Å². The fourth-order valence-electron chi connectivity index (χ4n) is 1.79. The Hall–Kier alpha value is -1.77. The SMILES string of the molecule is CCn1cc(CNc2cc(C)ccc2C)cn1. The molecule has 0 aliphatic heterocycles. The molecule has 3 nitrogen and oxygen atoms in total. The van der Waals surface area contributed by atoms with Crippen molar-refractivity contribution in [2.24, 2.45) is 0 Å². The van der Waals surface area contributed by atoms with E-state index < -0.39 is 0 Å². The van der Waals surface area contributed by atoms with Crippen LogP contribution in [0.1, 0.15) is 23.6 Å². The number of benzene rings is 1. The van der Waals surface area contributed by atoms with Gasteiger partial charge >= 0.3 is 0 Å². The van der Waals surface area contributed by atoms with Gasteiger partial charge in [0.05, 0.1) is 6.20 Å². The maximum absolute atomic E-state index is 4.26. The van der Waals surface area contributed by atoms with E-state index in [1.165, 1.54) is 22.4 Å². The molecule has 0 fully saturated rings. The Labute approximate surface area is 102 Å². The van der Waals surface area contributed by atoms with E-state index in [1.807, 2.05) is 10.9 Å². The van der Waals surface area contributed by atoms with Crippen LogP contribution in [0.4, 0.5) is 5.69 Å². The van der Waals surface area contributed by atoms with E-state index in [0.29, 0.717) is 0 Å². The monoisotopic (exact) mass is 229 g/mol. The summed E-state index contributed by atoms with van der Waals surface area (Å²) in [5.41, 5.74) is 4.97. The molecule has 0 amide bonds. The van der Waals surface area contributed by atoms with Gasteiger partial charge in [-0.1, -0.05) is 12.1 Å². The topological polar surface area (TPSA) is 29.9 Å². The summed E-state index contributed by atoms with van der Waals surface area (Å²) in [6.45, 7) is 8.07. The molecule has 0 aliphatic carbocycles. The lowest BCUT2D eigenvalue weighted by Gasteiger charge is -2.09. The fraction of sp³-hybridized carbons (Fsp3) is 0.357. The van der Waals surface area contributed by atoms with Gasteiger partial charge < -0.3 is 5.32 Å². The summed E-state index contributed by atoms with van der Waals surface area (Å²) in [7, 11) is 0. The van der Waals surface area contributed by atoms with Crippen molar-refractivity contribution in [3.8, 4) is 0 Å². The van der Waals surface area contributed by atoms with Crippen molar-refractivity contribution in [2.75, 3.05) is 5.32 Å². The highest BCUT2D eigenvalue weighted by molar-refractivity contribution is 5.52. The molecule has 2 aromatic rings. The number of nitrogens with zero attached hydrogens (tertiary/aromatic N) is 2. The summed E-state index contributed by atoms with van der Waals surface area (Å²) in [6.07, 6.45) is 4.00. The molecule has 0 saturated carbocycles. The summed E-state index contributed by atoms with van der Waals surface area (Å²) in [5, 5.41) is 7.72. The molecule has 1 aromatic heterocycles. The molecule has 0 bridgehead atoms. The lowest BCUT2D eigenvalue weighted by atomic mass is 10.1. The first-order valence-corrected chi connectivity index (χ1v) is 6.01. The van der Waals surface area contributed by atoms with E-state index in [4.69, 9.17) is 0 Å². The Morgan fingerprint density at radius 3 is 2.82 bits per heavy atom. The van der Waals surface area contributed by atoms with Crippen molar-refractivity contribution in [2.45, 2.75) is 33.9 Å². The van der Waals surface area contributed by atoms with Gasteiger partial charge in [0.2, 0.25) is 0 Å². The molecule has 90 valence electrons. The van der Waals surface area contributed by atoms with Gasteiger partial charge in [-0.05, 0) is 38.0 Å². The molecule has 17 heavy (non-hydrogen) atoms. The Kier molecular flexibility index (Phi) is 3.47. The maximum Gasteiger partial charge on any atom is 0.0539 e. The van der Waals surface area contributed by atoms with Crippen molar-refractivity contribution in [3.05, 3.63) is 47.3 Å². The van der Waals surface area contributed by atoms with Crippen molar-refractivity contribution in [1.82, 2.24) is 9.78 Å². The third-order valence-electron chi connectivity index (χ3n) is 2.89. The average molecular weight is 229 g/mol. The van der Waals surface area contributed by atoms with Gasteiger partial charge in [-0.15, -0.1) is 0 Å². The van der Waals surface area contributed by atoms with Gasteiger partial charge in [0.1, 0.15) is 0 Å². The van der Waals surface area contributed by atoms with Crippen molar-refractivity contribution < 1.29 is 0 Å². The molecule has 0 saturated heterocycles. The van der Waals surface area contributed by atoms with E-state index in [2.05, 4.69) is 55.6 Å². The molecule has 0 unspecified atom stereocenters. The third-order valence-corrected chi connectivity index (χ3v) is 2.89. The smallest absolute Gasteiger partial charge is 0.0539 e. The predicted molar refractivity (Wildman–Crippen MR) is 71.1 cm³/mol. The van der Waals surface area contributed by atoms with Crippen molar-refractivity contribution >= 4 is 5.69 Å². The zero-order valence-electron chi connectivity index (χ0n) is 10.7. The van der Waals surface area contributed by atoms with Gasteiger partial charge in [0.25, 0.3) is 0 Å². The summed E-state index contributed by atoms with van der Waals surface area (Å²) >= 11 is 0. The van der Waals surface area contributed by atoms with Crippen LogP contribution in [-0.4, -0.2) is 9.78 Å². The zero-order chi connectivity index (χ0) is 12.3. The first-order chi connectivity index (χ1) is 8.19. The van der Waals surface area contributed by atoms with Gasteiger partial charge in [0, 0.05) is 30.5 Å². The van der Waals surface area contributed by atoms with Crippen LogP contribution in [0.15, 0.2) is 30.6 Å². The zero-order valence-corrected chi connectivity index (χ0v) is 10.7. The fourth-order valence-corrected chi connectivity index (χ4v) is 1.79. The van der Waals surface area contributed by atoms with Crippen molar-refractivity contribution in [3.63, 3.8) is 0 Å². The number of nitrogens with one attached hydrogen (secondary N) is 1. The summed E-state index contributed by atoms with van der Waals surface area (Å²) in [4.78, 5) is 0. The molecule has 0 radical (unpaired) electrons. The molecule has 0 atom stereocenters. The van der Waals surface area contributed by atoms with Crippen LogP contribution in [0.25, 0.3) is 0 Å². The number of aromatic nitrogens is 2. The summed E-state index contributed by atoms with van der Waals surface area (Å²) in [6, 6.07) is 6.46. The lowest BCUT2D eigenvalue weighted by molar-refractivity contribution is 0.659. The van der Waals surface area contributed by atoms with Crippen LogP contribution in [0.2, 0.25) is 0 Å². The summed E-state index contributed by atoms with van der Waals surface area (Å²) < 4.78 is 1.94. The number of aryl methyl sites for hydroxylation is 3. The quantitative estimate of drug-likeness (QED) is 0.873. The van der Waals surface area contributed by atoms with Crippen LogP contribution >= 0.6 is 0 Å². The number of anilines is 1. The van der Waals surface area contributed by atoms with E-state index in [0.717, 1.165) is 13.1 Å². The number of hydrogen-bond donors (Lipinski definition) is 1. The van der Waals surface area contributed by atoms with E-state index >= 15 is 0 Å². The second-order valence-corrected chi connectivity index (χ2v) is 4.38. The minimum atomic E-state index is 0.824. The Morgan fingerprint density at radius 1 is 1.29 bits per heavy atom. The molecular formula is C14H19N3. The highest BCUT2D eigenvalue weighted by atomic mass is 15.3. The molecule has 1 N–H and O–H groups in total. The van der Waals surface area contributed by atoms with Crippen LogP contribution in [0.3, 0.4) is 0 Å². The first kappa shape index (κ1) is 11.7. The minimum absolute atomic E-state index is 0.824. The minimum Gasteiger partial charge on any atom is -0.381 e. The normalized spacial score (nSPS) is 10.5. The maximum atomic E-state index is 4.26. The third kappa shape index (κ3) is 2.87. The Balaban J connectivity index is 2.04. The van der Waals surface area contributed by atoms with Gasteiger partial charge in [-0.3, -0.25) is 4.68 Å². The lowest BCUT2D eigenvalue weighted by Crippen LogP contribution is -2.00. The first-order valence-electron chi connectivity index (χ1n) is 6.01. The Morgan fingerprint density at radius 2 is 2.12 bits per heavy atom. The van der Waals surface area contributed by atoms with Crippen molar-refractivity contribution in [1.29, 1.82) is 0 Å². The molecule has 1 aromatic carbocycles. The Bertz CT molecular complexity index is 500. The molecule has 3 heteroatoms. The largest absolute Gasteiger partial charge is 0.381 e. The van der Waals surface area contributed by atoms with Gasteiger partial charge in [-0.25, -0.2) is 0 Å². The second kappa shape index (κ2) is 5.04. The van der Waals surface area contributed by atoms with Crippen LogP contribution in [0, 0.1) is 13.8 Å². The molecule has 1 heterocycles. The highest BCUT2D eigenvalue weighted by Gasteiger charge is 2.00. The number of hydrogen-bond acceptors (Lipinski definition) is 2. The number of rotatable bonds is 4. The van der Waals surface area contributed by atoms with E-state index in [1.54, 1.807) is 0 Å². The highest BCUT2D eigenvalue weighted by Crippen LogP contribution is 2.17. The molecule has 2 rings (SSSR count). The van der Waals surface area contributed by atoms with Gasteiger partial charge in [0.15, 0.2) is 0 Å². The van der Waals surface area contributed by atoms with Crippen LogP contribution in [0.5, 0.6) is 0 Å². The average Bonchev–Trinajstić information content (AvgIpc) is 2.78. The van der Waals surface area contributed by atoms with Gasteiger partial charge in [-0.2, -0.15) is 5.10 Å². The predicted octanol–water partition coefficient (Wildman–Crippen LogP) is 3.13. The molecule has 0 aliphatic rings. The molecule has 0 spiro atoms. The van der Waals surface area contributed by atoms with Crippen LogP contribution in [-0.2, 0) is 13.1 Å². The standard InChI is InChI=1S/C14H19N3/c1-4-17-10-13(9-16-17)8-15-14-7-11(2)5-6-12(14)3/h5-7,9-10,15H,4,8H2,1-3H3. The second-order valence-electron chi connectivity index (χ2n) is 4.38. The van der Waals surface area contributed by atoms with E-state index in [9.17, 15) is 0 Å². The van der Waals surface area contributed by atoms with Crippen LogP contribution < -0.4 is 5.32 Å². The molecular weight excluding hydrogens is 210 g/mol. The summed E-state index contributed by atoms with van der Waals surface area (Å²) in [5.74, 6) is 0.